The lowest BCUT2D eigenvalue weighted by molar-refractivity contribution is -0.137. The van der Waals surface area contributed by atoms with E-state index >= 15 is 0 Å². The average molecular weight is 204 g/mol. The summed E-state index contributed by atoms with van der Waals surface area (Å²) in [5.41, 5.74) is 4.97. The van der Waals surface area contributed by atoms with E-state index < -0.39 is 17.9 Å². The minimum atomic E-state index is -0.890. The van der Waals surface area contributed by atoms with Gasteiger partial charge in [-0.1, -0.05) is 0 Å². The Morgan fingerprint density at radius 2 is 2.07 bits per heavy atom. The molecule has 1 amide bonds. The summed E-state index contributed by atoms with van der Waals surface area (Å²) in [6.45, 7) is 1.35. The molecule has 0 aromatic rings. The zero-order valence-electron chi connectivity index (χ0n) is 8.06. The van der Waals surface area contributed by atoms with Crippen LogP contribution in [-0.4, -0.2) is 40.8 Å². The lowest BCUT2D eigenvalue weighted by Crippen LogP contribution is -2.47. The third-order valence-corrected chi connectivity index (χ3v) is 1.80. The quantitative estimate of drug-likeness (QED) is 0.410. The highest BCUT2D eigenvalue weighted by Gasteiger charge is 2.16. The second kappa shape index (κ2) is 6.33. The fraction of sp³-hybridized carbons (Fsp3) is 0.750. The molecule has 0 aliphatic heterocycles. The molecule has 0 bridgehead atoms. The maximum Gasteiger partial charge on any atom is 0.303 e. The molecule has 2 unspecified atom stereocenters. The predicted octanol–water partition coefficient (Wildman–Crippen LogP) is -1.32. The van der Waals surface area contributed by atoms with Crippen molar-refractivity contribution in [2.45, 2.75) is 31.8 Å². The van der Waals surface area contributed by atoms with Crippen molar-refractivity contribution in [3.63, 3.8) is 0 Å². The predicted molar refractivity (Wildman–Crippen MR) is 49.5 cm³/mol. The number of aliphatic hydroxyl groups excluding tert-OH is 1. The molecule has 0 saturated heterocycles. The van der Waals surface area contributed by atoms with Gasteiger partial charge in [0, 0.05) is 12.5 Å². The van der Waals surface area contributed by atoms with Crippen molar-refractivity contribution < 1.29 is 19.8 Å². The van der Waals surface area contributed by atoms with Crippen LogP contribution in [0.3, 0.4) is 0 Å². The molecule has 2 atom stereocenters. The summed E-state index contributed by atoms with van der Waals surface area (Å²) in [6, 6.07) is -0.977. The molecule has 0 aliphatic rings. The van der Waals surface area contributed by atoms with Gasteiger partial charge in [0.1, 0.15) is 6.04 Å². The summed E-state index contributed by atoms with van der Waals surface area (Å²) in [7, 11) is 0. The number of hydrogen-bond acceptors (Lipinski definition) is 4. The molecule has 0 saturated carbocycles. The zero-order chi connectivity index (χ0) is 11.1. The number of carbonyl (C=O) groups is 2. The molecule has 0 rings (SSSR count). The molecule has 0 spiro atoms. The summed E-state index contributed by atoms with van der Waals surface area (Å²) in [4.78, 5) is 20.9. The Hall–Kier alpha value is -1.14. The molecular weight excluding hydrogens is 188 g/mol. The molecule has 0 fully saturated rings. The van der Waals surface area contributed by atoms with Crippen LogP contribution < -0.4 is 11.1 Å². The van der Waals surface area contributed by atoms with Crippen LogP contribution in [0.2, 0.25) is 0 Å². The maximum absolute atomic E-state index is 10.7. The molecule has 0 radical (unpaired) electrons. The first kappa shape index (κ1) is 12.9. The van der Waals surface area contributed by atoms with Gasteiger partial charge in [-0.05, 0) is 13.3 Å². The second-order valence-electron chi connectivity index (χ2n) is 3.14. The normalized spacial score (nSPS) is 14.7. The van der Waals surface area contributed by atoms with Gasteiger partial charge >= 0.3 is 5.97 Å². The fourth-order valence-corrected chi connectivity index (χ4v) is 0.992. The Morgan fingerprint density at radius 3 is 2.43 bits per heavy atom. The van der Waals surface area contributed by atoms with Crippen molar-refractivity contribution in [1.29, 1.82) is 0 Å². The van der Waals surface area contributed by atoms with Crippen LogP contribution in [0.1, 0.15) is 19.8 Å². The summed E-state index contributed by atoms with van der Waals surface area (Å²) in [5.74, 6) is -1.53. The first-order valence-corrected chi connectivity index (χ1v) is 4.35. The number of carboxylic acids is 1. The first-order chi connectivity index (χ1) is 6.47. The average Bonchev–Trinajstić information content (AvgIpc) is 2.10. The first-order valence-electron chi connectivity index (χ1n) is 4.35. The van der Waals surface area contributed by atoms with Crippen molar-refractivity contribution in [1.82, 2.24) is 5.32 Å². The van der Waals surface area contributed by atoms with E-state index in [9.17, 15) is 9.59 Å². The van der Waals surface area contributed by atoms with Crippen LogP contribution in [0, 0.1) is 0 Å². The lowest BCUT2D eigenvalue weighted by Gasteiger charge is -2.18. The lowest BCUT2D eigenvalue weighted by atomic mass is 10.1. The number of amides is 1. The molecular formula is C8H16N2O4. The summed E-state index contributed by atoms with van der Waals surface area (Å²) in [6.07, 6.45) is 0.407. The Labute approximate surface area is 82.1 Å². The smallest absolute Gasteiger partial charge is 0.303 e. The largest absolute Gasteiger partial charge is 0.481 e. The van der Waals surface area contributed by atoms with E-state index in [0.717, 1.165) is 0 Å². The van der Waals surface area contributed by atoms with Crippen LogP contribution in [0.25, 0.3) is 0 Å². The minimum absolute atomic E-state index is 0.0189. The number of nitrogens with two attached hydrogens (primary N) is 1. The van der Waals surface area contributed by atoms with Crippen LogP contribution in [-0.2, 0) is 9.59 Å². The van der Waals surface area contributed by atoms with E-state index in [2.05, 4.69) is 5.32 Å². The Morgan fingerprint density at radius 1 is 1.50 bits per heavy atom. The number of primary amides is 1. The molecule has 82 valence electrons. The SMILES string of the molecule is CC(CCC(=O)O)NC(CO)C(N)=O. The molecule has 0 heterocycles. The monoisotopic (exact) mass is 204 g/mol. The molecule has 5 N–H and O–H groups in total. The highest BCUT2D eigenvalue weighted by molar-refractivity contribution is 5.80. The van der Waals surface area contributed by atoms with Gasteiger partial charge in [-0.2, -0.15) is 0 Å². The van der Waals surface area contributed by atoms with Gasteiger partial charge < -0.3 is 21.3 Å². The number of hydrogen-bond donors (Lipinski definition) is 4. The Bertz CT molecular complexity index is 208. The topological polar surface area (TPSA) is 113 Å². The number of nitrogens with one attached hydrogen (secondary N) is 1. The number of aliphatic hydroxyl groups is 1. The van der Waals surface area contributed by atoms with Crippen LogP contribution in [0.5, 0.6) is 0 Å². The van der Waals surface area contributed by atoms with Crippen LogP contribution in [0.15, 0.2) is 0 Å². The van der Waals surface area contributed by atoms with E-state index in [1.54, 1.807) is 6.92 Å². The third-order valence-electron chi connectivity index (χ3n) is 1.80. The van der Waals surface area contributed by atoms with Gasteiger partial charge in [-0.3, -0.25) is 9.59 Å². The van der Waals surface area contributed by atoms with Crippen LogP contribution >= 0.6 is 0 Å². The van der Waals surface area contributed by atoms with Crippen molar-refractivity contribution in [2.24, 2.45) is 5.73 Å². The minimum Gasteiger partial charge on any atom is -0.481 e. The second-order valence-corrected chi connectivity index (χ2v) is 3.14. The highest BCUT2D eigenvalue weighted by atomic mass is 16.4. The van der Waals surface area contributed by atoms with E-state index in [1.165, 1.54) is 0 Å². The maximum atomic E-state index is 10.7. The van der Waals surface area contributed by atoms with Gasteiger partial charge in [0.15, 0.2) is 0 Å². The van der Waals surface area contributed by atoms with Crippen molar-refractivity contribution in [2.75, 3.05) is 6.61 Å². The van der Waals surface area contributed by atoms with Crippen molar-refractivity contribution >= 4 is 11.9 Å². The van der Waals surface area contributed by atoms with Gasteiger partial charge in [-0.25, -0.2) is 0 Å². The summed E-state index contributed by atoms with van der Waals surface area (Å²) in [5, 5.41) is 19.9. The number of carboxylic acid groups (broad SMARTS) is 1. The van der Waals surface area contributed by atoms with Crippen molar-refractivity contribution in [3.8, 4) is 0 Å². The Balaban J connectivity index is 3.84. The standard InChI is InChI=1S/C8H16N2O4/c1-5(2-3-7(12)13)10-6(4-11)8(9)14/h5-6,10-11H,2-4H2,1H3,(H2,9,14)(H,12,13). The highest BCUT2D eigenvalue weighted by Crippen LogP contribution is 1.97. The number of rotatable bonds is 7. The van der Waals surface area contributed by atoms with Gasteiger partial charge in [0.05, 0.1) is 6.61 Å². The van der Waals surface area contributed by atoms with E-state index in [-0.39, 0.29) is 19.1 Å². The van der Waals surface area contributed by atoms with E-state index in [1.807, 2.05) is 0 Å². The number of aliphatic carboxylic acids is 1. The molecule has 6 nitrogen and oxygen atoms in total. The molecule has 0 aromatic heterocycles. The molecule has 6 heteroatoms. The molecule has 14 heavy (non-hydrogen) atoms. The zero-order valence-corrected chi connectivity index (χ0v) is 8.06. The van der Waals surface area contributed by atoms with Gasteiger partial charge in [-0.15, -0.1) is 0 Å². The summed E-state index contributed by atoms with van der Waals surface area (Å²) >= 11 is 0. The number of carbonyl (C=O) groups excluding carboxylic acids is 1. The van der Waals surface area contributed by atoms with Gasteiger partial charge in [0.25, 0.3) is 0 Å². The van der Waals surface area contributed by atoms with Crippen LogP contribution in [0.4, 0.5) is 0 Å². The van der Waals surface area contributed by atoms with E-state index in [0.29, 0.717) is 6.42 Å². The van der Waals surface area contributed by atoms with E-state index in [4.69, 9.17) is 15.9 Å². The van der Waals surface area contributed by atoms with Crippen molar-refractivity contribution in [3.05, 3.63) is 0 Å². The molecule has 0 aliphatic carbocycles. The fourth-order valence-electron chi connectivity index (χ4n) is 0.992. The molecule has 0 aromatic carbocycles. The van der Waals surface area contributed by atoms with Gasteiger partial charge in [0.2, 0.25) is 5.91 Å². The summed E-state index contributed by atoms with van der Waals surface area (Å²) < 4.78 is 0. The third kappa shape index (κ3) is 5.50. The Kier molecular flexibility index (Phi) is 5.82.